The third-order valence-corrected chi connectivity index (χ3v) is 4.25. The lowest BCUT2D eigenvalue weighted by Gasteiger charge is -2.22. The van der Waals surface area contributed by atoms with E-state index in [2.05, 4.69) is 41.2 Å². The fourth-order valence-electron chi connectivity index (χ4n) is 3.14. The number of hydrogen-bond acceptors (Lipinski definition) is 6. The van der Waals surface area contributed by atoms with Crippen molar-refractivity contribution in [3.8, 4) is 22.5 Å². The summed E-state index contributed by atoms with van der Waals surface area (Å²) < 4.78 is 7.27. The molecular formula is C20H22N6O. The summed E-state index contributed by atoms with van der Waals surface area (Å²) in [6, 6.07) is 4.00. The Labute approximate surface area is 157 Å². The molecule has 0 aliphatic rings. The van der Waals surface area contributed by atoms with E-state index >= 15 is 0 Å². The normalized spacial score (nSPS) is 11.9. The van der Waals surface area contributed by atoms with E-state index in [0.717, 1.165) is 45.4 Å². The molecule has 27 heavy (non-hydrogen) atoms. The van der Waals surface area contributed by atoms with Crippen molar-refractivity contribution in [3.63, 3.8) is 0 Å². The van der Waals surface area contributed by atoms with Gasteiger partial charge in [0.05, 0.1) is 17.6 Å². The highest BCUT2D eigenvalue weighted by molar-refractivity contribution is 5.76. The minimum atomic E-state index is -0.120. The number of anilines is 1. The van der Waals surface area contributed by atoms with Gasteiger partial charge in [0, 0.05) is 35.3 Å². The topological polar surface area (TPSA) is 81.1 Å². The minimum Gasteiger partial charge on any atom is -0.365 e. The Kier molecular flexibility index (Phi) is 3.95. The molecule has 0 aliphatic carbocycles. The molecule has 0 bridgehead atoms. The van der Waals surface area contributed by atoms with Gasteiger partial charge in [-0.1, -0.05) is 11.2 Å². The maximum absolute atomic E-state index is 5.27. The first-order valence-electron chi connectivity index (χ1n) is 8.83. The van der Waals surface area contributed by atoms with E-state index in [1.807, 2.05) is 42.8 Å². The highest BCUT2D eigenvalue weighted by atomic mass is 16.5. The van der Waals surface area contributed by atoms with Gasteiger partial charge in [-0.05, 0) is 40.7 Å². The SMILES string of the molecule is Cc1noc(C)c1-c1ccc(-c2nc3cnccn3c2NC(C)(C)C)nc1. The summed E-state index contributed by atoms with van der Waals surface area (Å²) >= 11 is 0. The predicted octanol–water partition coefficient (Wildman–Crippen LogP) is 4.27. The third-order valence-electron chi connectivity index (χ3n) is 4.25. The van der Waals surface area contributed by atoms with Crippen molar-refractivity contribution in [3.05, 3.63) is 48.4 Å². The Balaban J connectivity index is 1.81. The zero-order valence-corrected chi connectivity index (χ0v) is 16.1. The number of nitrogens with zero attached hydrogens (tertiary/aromatic N) is 5. The van der Waals surface area contributed by atoms with Gasteiger partial charge in [0.25, 0.3) is 0 Å². The number of nitrogens with one attached hydrogen (secondary N) is 1. The van der Waals surface area contributed by atoms with E-state index in [1.54, 1.807) is 12.4 Å². The van der Waals surface area contributed by atoms with Crippen LogP contribution in [0.2, 0.25) is 0 Å². The summed E-state index contributed by atoms with van der Waals surface area (Å²) in [6.45, 7) is 10.2. The number of aryl methyl sites for hydroxylation is 2. The first kappa shape index (κ1) is 17.2. The zero-order chi connectivity index (χ0) is 19.2. The van der Waals surface area contributed by atoms with Gasteiger partial charge in [-0.15, -0.1) is 0 Å². The largest absolute Gasteiger partial charge is 0.365 e. The smallest absolute Gasteiger partial charge is 0.157 e. The summed E-state index contributed by atoms with van der Waals surface area (Å²) in [5, 5.41) is 7.56. The minimum absolute atomic E-state index is 0.120. The van der Waals surface area contributed by atoms with Crippen LogP contribution in [-0.2, 0) is 0 Å². The molecule has 4 aromatic rings. The van der Waals surface area contributed by atoms with Crippen molar-refractivity contribution >= 4 is 11.5 Å². The Bertz CT molecular complexity index is 1080. The lowest BCUT2D eigenvalue weighted by molar-refractivity contribution is 0.393. The lowest BCUT2D eigenvalue weighted by Crippen LogP contribution is -2.27. The molecule has 0 amide bonds. The van der Waals surface area contributed by atoms with E-state index in [9.17, 15) is 0 Å². The maximum Gasteiger partial charge on any atom is 0.157 e. The van der Waals surface area contributed by atoms with Crippen LogP contribution in [0.1, 0.15) is 32.2 Å². The van der Waals surface area contributed by atoms with Crippen LogP contribution in [0.25, 0.3) is 28.2 Å². The third kappa shape index (κ3) is 3.16. The number of aromatic nitrogens is 5. The second-order valence-electron chi connectivity index (χ2n) is 7.62. The molecule has 4 heterocycles. The van der Waals surface area contributed by atoms with Crippen LogP contribution in [0, 0.1) is 13.8 Å². The molecule has 0 radical (unpaired) electrons. The maximum atomic E-state index is 5.27. The molecule has 0 atom stereocenters. The zero-order valence-electron chi connectivity index (χ0n) is 16.1. The van der Waals surface area contributed by atoms with Crippen LogP contribution in [-0.4, -0.2) is 30.0 Å². The highest BCUT2D eigenvalue weighted by Gasteiger charge is 2.20. The molecule has 0 saturated carbocycles. The average molecular weight is 362 g/mol. The number of fused-ring (bicyclic) bond motifs is 1. The second-order valence-corrected chi connectivity index (χ2v) is 7.62. The van der Waals surface area contributed by atoms with Crippen molar-refractivity contribution < 1.29 is 4.52 Å². The van der Waals surface area contributed by atoms with Gasteiger partial charge in [0.2, 0.25) is 0 Å². The van der Waals surface area contributed by atoms with Crippen molar-refractivity contribution in [2.24, 2.45) is 0 Å². The summed E-state index contributed by atoms with van der Waals surface area (Å²) in [4.78, 5) is 13.6. The molecule has 4 rings (SSSR count). The Morgan fingerprint density at radius 1 is 1.11 bits per heavy atom. The molecule has 4 aromatic heterocycles. The molecule has 0 saturated heterocycles. The highest BCUT2D eigenvalue weighted by Crippen LogP contribution is 2.32. The first-order valence-corrected chi connectivity index (χ1v) is 8.83. The van der Waals surface area contributed by atoms with E-state index in [1.165, 1.54) is 0 Å². The number of imidazole rings is 1. The van der Waals surface area contributed by atoms with E-state index in [0.29, 0.717) is 0 Å². The molecule has 138 valence electrons. The van der Waals surface area contributed by atoms with Crippen molar-refractivity contribution in [1.82, 2.24) is 24.5 Å². The standard InChI is InChI=1S/C20H22N6O/c1-12-17(13(2)27-25-12)14-6-7-15(22-10-14)18-19(24-20(3,4)5)26-9-8-21-11-16(26)23-18/h6-11,24H,1-5H3. The van der Waals surface area contributed by atoms with Gasteiger partial charge < -0.3 is 9.84 Å². The van der Waals surface area contributed by atoms with Gasteiger partial charge in [-0.25, -0.2) is 4.98 Å². The van der Waals surface area contributed by atoms with E-state index < -0.39 is 0 Å². The monoisotopic (exact) mass is 362 g/mol. The van der Waals surface area contributed by atoms with Crippen molar-refractivity contribution in [1.29, 1.82) is 0 Å². The lowest BCUT2D eigenvalue weighted by atomic mass is 10.1. The van der Waals surface area contributed by atoms with Crippen LogP contribution >= 0.6 is 0 Å². The van der Waals surface area contributed by atoms with Crippen molar-refractivity contribution in [2.45, 2.75) is 40.2 Å². The van der Waals surface area contributed by atoms with Crippen LogP contribution in [0.4, 0.5) is 5.82 Å². The van der Waals surface area contributed by atoms with Crippen LogP contribution in [0.15, 0.2) is 41.4 Å². The molecule has 0 spiro atoms. The van der Waals surface area contributed by atoms with Gasteiger partial charge >= 0.3 is 0 Å². The first-order chi connectivity index (χ1) is 12.8. The molecule has 0 aliphatic heterocycles. The molecule has 0 fully saturated rings. The Morgan fingerprint density at radius 3 is 2.56 bits per heavy atom. The number of rotatable bonds is 3. The van der Waals surface area contributed by atoms with E-state index in [-0.39, 0.29) is 5.54 Å². The second kappa shape index (κ2) is 6.19. The fourth-order valence-corrected chi connectivity index (χ4v) is 3.14. The molecule has 7 heteroatoms. The Morgan fingerprint density at radius 2 is 1.93 bits per heavy atom. The Hall–Kier alpha value is -3.22. The fraction of sp³-hybridized carbons (Fsp3) is 0.300. The van der Waals surface area contributed by atoms with Gasteiger partial charge in [0.15, 0.2) is 5.65 Å². The van der Waals surface area contributed by atoms with Crippen LogP contribution in [0.5, 0.6) is 0 Å². The molecule has 0 unspecified atom stereocenters. The molecule has 1 N–H and O–H groups in total. The number of hydrogen-bond donors (Lipinski definition) is 1. The van der Waals surface area contributed by atoms with Crippen molar-refractivity contribution in [2.75, 3.05) is 5.32 Å². The van der Waals surface area contributed by atoms with Gasteiger partial charge in [-0.3, -0.25) is 14.4 Å². The number of pyridine rings is 1. The van der Waals surface area contributed by atoms with E-state index in [4.69, 9.17) is 9.51 Å². The summed E-state index contributed by atoms with van der Waals surface area (Å²) in [5.41, 5.74) is 5.06. The predicted molar refractivity (Wildman–Crippen MR) is 105 cm³/mol. The van der Waals surface area contributed by atoms with Gasteiger partial charge in [-0.2, -0.15) is 0 Å². The summed E-state index contributed by atoms with van der Waals surface area (Å²) in [7, 11) is 0. The summed E-state index contributed by atoms with van der Waals surface area (Å²) in [6.07, 6.45) is 7.24. The average Bonchev–Trinajstić information content (AvgIpc) is 3.14. The summed E-state index contributed by atoms with van der Waals surface area (Å²) in [5.74, 6) is 1.69. The van der Waals surface area contributed by atoms with Crippen LogP contribution < -0.4 is 5.32 Å². The van der Waals surface area contributed by atoms with Gasteiger partial charge in [0.1, 0.15) is 17.3 Å². The quantitative estimate of drug-likeness (QED) is 0.586. The van der Waals surface area contributed by atoms with Crippen LogP contribution in [0.3, 0.4) is 0 Å². The molecule has 7 nitrogen and oxygen atoms in total. The molecular weight excluding hydrogens is 340 g/mol. The molecule has 0 aromatic carbocycles.